The van der Waals surface area contributed by atoms with Crippen LogP contribution in [0.15, 0.2) is 45.6 Å². The van der Waals surface area contributed by atoms with Gasteiger partial charge in [-0.3, -0.25) is 0 Å². The Bertz CT molecular complexity index is 786. The van der Waals surface area contributed by atoms with E-state index < -0.39 is 11.4 Å². The van der Waals surface area contributed by atoms with Crippen molar-refractivity contribution >= 4 is 21.7 Å². The summed E-state index contributed by atoms with van der Waals surface area (Å²) in [6.07, 6.45) is 0. The molecule has 2 N–H and O–H groups in total. The van der Waals surface area contributed by atoms with E-state index in [0.717, 1.165) is 5.39 Å². The lowest BCUT2D eigenvalue weighted by atomic mass is 10.1. The zero-order chi connectivity index (χ0) is 12.0. The largest absolute Gasteiger partial charge is 0.504 e. The third-order valence-electron chi connectivity index (χ3n) is 2.74. The van der Waals surface area contributed by atoms with Crippen molar-refractivity contribution in [3.63, 3.8) is 0 Å². The molecule has 0 aliphatic rings. The van der Waals surface area contributed by atoms with Gasteiger partial charge in [0, 0.05) is 10.8 Å². The van der Waals surface area contributed by atoms with Gasteiger partial charge >= 0.3 is 5.63 Å². The van der Waals surface area contributed by atoms with Crippen LogP contribution in [0.1, 0.15) is 0 Å². The molecule has 4 heteroatoms. The van der Waals surface area contributed by atoms with Crippen molar-refractivity contribution < 1.29 is 14.6 Å². The number of hydrogen-bond donors (Lipinski definition) is 2. The summed E-state index contributed by atoms with van der Waals surface area (Å²) >= 11 is 0. The van der Waals surface area contributed by atoms with Crippen molar-refractivity contribution in [2.45, 2.75) is 0 Å². The molecule has 2 aromatic carbocycles. The van der Waals surface area contributed by atoms with Crippen LogP contribution in [0.25, 0.3) is 21.7 Å². The van der Waals surface area contributed by atoms with Crippen LogP contribution in [0.2, 0.25) is 0 Å². The smallest absolute Gasteiger partial charge is 0.348 e. The summed E-state index contributed by atoms with van der Waals surface area (Å²) in [4.78, 5) is 11.7. The molecule has 84 valence electrons. The second-order valence-corrected chi connectivity index (χ2v) is 3.74. The fourth-order valence-corrected chi connectivity index (χ4v) is 1.94. The van der Waals surface area contributed by atoms with Crippen molar-refractivity contribution in [3.05, 3.63) is 46.8 Å². The highest BCUT2D eigenvalue weighted by molar-refractivity contribution is 6.06. The predicted octanol–water partition coefficient (Wildman–Crippen LogP) is 2.36. The molecule has 0 radical (unpaired) electrons. The second-order valence-electron chi connectivity index (χ2n) is 3.74. The van der Waals surface area contributed by atoms with Gasteiger partial charge in [-0.25, -0.2) is 4.79 Å². The van der Waals surface area contributed by atoms with Crippen molar-refractivity contribution in [1.82, 2.24) is 0 Å². The lowest BCUT2D eigenvalue weighted by Crippen LogP contribution is -2.00. The molecule has 17 heavy (non-hydrogen) atoms. The maximum absolute atomic E-state index is 11.7. The summed E-state index contributed by atoms with van der Waals surface area (Å²) in [6, 6.07) is 9.98. The third kappa shape index (κ3) is 1.27. The first-order valence-electron chi connectivity index (χ1n) is 5.05. The summed E-state index contributed by atoms with van der Waals surface area (Å²) in [5, 5.41) is 20.4. The number of phenolic OH excluding ortho intramolecular Hbond substituents is 2. The number of para-hydroxylation sites is 1. The van der Waals surface area contributed by atoms with Crippen LogP contribution < -0.4 is 5.63 Å². The Morgan fingerprint density at radius 2 is 1.71 bits per heavy atom. The van der Waals surface area contributed by atoms with E-state index in [-0.39, 0.29) is 11.1 Å². The third-order valence-corrected chi connectivity index (χ3v) is 2.74. The average Bonchev–Trinajstić information content (AvgIpc) is 2.33. The van der Waals surface area contributed by atoms with Gasteiger partial charge in [-0.1, -0.05) is 18.2 Å². The van der Waals surface area contributed by atoms with Gasteiger partial charge in [0.15, 0.2) is 11.5 Å². The minimum atomic E-state index is -0.660. The van der Waals surface area contributed by atoms with Crippen molar-refractivity contribution in [3.8, 4) is 11.5 Å². The van der Waals surface area contributed by atoms with E-state index >= 15 is 0 Å². The fraction of sp³-hybridized carbons (Fsp3) is 0. The van der Waals surface area contributed by atoms with E-state index in [9.17, 15) is 15.0 Å². The molecule has 0 saturated heterocycles. The Hall–Kier alpha value is -2.49. The fourth-order valence-electron chi connectivity index (χ4n) is 1.94. The minimum absolute atomic E-state index is 0.00343. The zero-order valence-corrected chi connectivity index (χ0v) is 8.68. The number of aromatic hydroxyl groups is 2. The Labute approximate surface area is 95.3 Å². The highest BCUT2D eigenvalue weighted by Crippen LogP contribution is 2.34. The van der Waals surface area contributed by atoms with Gasteiger partial charge in [-0.15, -0.1) is 0 Å². The highest BCUT2D eigenvalue weighted by Gasteiger charge is 2.13. The van der Waals surface area contributed by atoms with Gasteiger partial charge < -0.3 is 14.6 Å². The number of hydrogen-bond acceptors (Lipinski definition) is 4. The van der Waals surface area contributed by atoms with Gasteiger partial charge in [-0.2, -0.15) is 0 Å². The molecule has 0 bridgehead atoms. The van der Waals surface area contributed by atoms with E-state index in [1.807, 2.05) is 6.07 Å². The van der Waals surface area contributed by atoms with E-state index in [2.05, 4.69) is 0 Å². The molecule has 0 aliphatic heterocycles. The molecule has 4 nitrogen and oxygen atoms in total. The molecule has 0 fully saturated rings. The van der Waals surface area contributed by atoms with Crippen LogP contribution in [0.5, 0.6) is 11.5 Å². The molecule has 0 unspecified atom stereocenters. The van der Waals surface area contributed by atoms with Crippen molar-refractivity contribution in [2.24, 2.45) is 0 Å². The van der Waals surface area contributed by atoms with E-state index in [0.29, 0.717) is 11.0 Å². The SMILES string of the molecule is O=c1oc2ccccc2c2ccc(O)c(O)c12. The molecule has 3 rings (SSSR count). The van der Waals surface area contributed by atoms with Gasteiger partial charge in [0.1, 0.15) is 11.0 Å². The minimum Gasteiger partial charge on any atom is -0.504 e. The average molecular weight is 228 g/mol. The van der Waals surface area contributed by atoms with Crippen LogP contribution in [0, 0.1) is 0 Å². The number of fused-ring (bicyclic) bond motifs is 3. The van der Waals surface area contributed by atoms with Crippen LogP contribution >= 0.6 is 0 Å². The molecule has 0 atom stereocenters. The molecule has 3 aromatic rings. The lowest BCUT2D eigenvalue weighted by molar-refractivity contribution is 0.406. The highest BCUT2D eigenvalue weighted by atomic mass is 16.4. The molecule has 0 aliphatic carbocycles. The Morgan fingerprint density at radius 3 is 2.53 bits per heavy atom. The molecule has 0 saturated carbocycles. The zero-order valence-electron chi connectivity index (χ0n) is 8.68. The Balaban J connectivity index is 2.68. The standard InChI is InChI=1S/C13H8O4/c14-9-6-5-8-7-3-1-2-4-10(7)17-13(16)11(8)12(9)15/h1-6,14-15H. The molecular weight excluding hydrogens is 220 g/mol. The quantitative estimate of drug-likeness (QED) is 0.352. The molecule has 0 amide bonds. The van der Waals surface area contributed by atoms with Gasteiger partial charge in [0.05, 0.1) is 0 Å². The van der Waals surface area contributed by atoms with E-state index in [1.54, 1.807) is 24.3 Å². The van der Waals surface area contributed by atoms with Crippen LogP contribution in [-0.2, 0) is 0 Å². The summed E-state index contributed by atoms with van der Waals surface area (Å²) in [5.74, 6) is -0.776. The number of benzene rings is 2. The van der Waals surface area contributed by atoms with Gasteiger partial charge in [0.2, 0.25) is 0 Å². The van der Waals surface area contributed by atoms with Crippen molar-refractivity contribution in [1.29, 1.82) is 0 Å². The lowest BCUT2D eigenvalue weighted by Gasteiger charge is -2.04. The first-order valence-corrected chi connectivity index (χ1v) is 5.05. The summed E-state index contributed by atoms with van der Waals surface area (Å²) in [7, 11) is 0. The normalized spacial score (nSPS) is 11.1. The van der Waals surface area contributed by atoms with E-state index in [1.165, 1.54) is 6.07 Å². The molecule has 0 spiro atoms. The van der Waals surface area contributed by atoms with Gasteiger partial charge in [-0.05, 0) is 18.2 Å². The molecule has 1 aromatic heterocycles. The maximum Gasteiger partial charge on any atom is 0.348 e. The summed E-state index contributed by atoms with van der Waals surface area (Å²) in [6.45, 7) is 0. The van der Waals surface area contributed by atoms with Crippen LogP contribution in [-0.4, -0.2) is 10.2 Å². The first kappa shape index (κ1) is 9.72. The topological polar surface area (TPSA) is 70.7 Å². The maximum atomic E-state index is 11.7. The van der Waals surface area contributed by atoms with E-state index in [4.69, 9.17) is 4.42 Å². The Kier molecular flexibility index (Phi) is 1.86. The Morgan fingerprint density at radius 1 is 0.941 bits per heavy atom. The predicted molar refractivity (Wildman–Crippen MR) is 63.3 cm³/mol. The number of phenols is 2. The van der Waals surface area contributed by atoms with Crippen LogP contribution in [0.4, 0.5) is 0 Å². The van der Waals surface area contributed by atoms with Crippen molar-refractivity contribution in [2.75, 3.05) is 0 Å². The monoisotopic (exact) mass is 228 g/mol. The summed E-state index contributed by atoms with van der Waals surface area (Å²) < 4.78 is 5.08. The molecular formula is C13H8O4. The van der Waals surface area contributed by atoms with Gasteiger partial charge in [0.25, 0.3) is 0 Å². The summed E-state index contributed by atoms with van der Waals surface area (Å²) in [5.41, 5.74) is -0.206. The molecule has 1 heterocycles. The second kappa shape index (κ2) is 3.25. The van der Waals surface area contributed by atoms with Crippen LogP contribution in [0.3, 0.4) is 0 Å². The number of rotatable bonds is 0. The first-order chi connectivity index (χ1) is 8.18.